The number of aromatic nitrogens is 1. The summed E-state index contributed by atoms with van der Waals surface area (Å²) < 4.78 is 6.62. The van der Waals surface area contributed by atoms with E-state index in [1.54, 1.807) is 12.1 Å². The first-order valence-corrected chi connectivity index (χ1v) is 15.5. The number of nitrogens with zero attached hydrogens (tertiary/aromatic N) is 3. The molecule has 2 aromatic carbocycles. The van der Waals surface area contributed by atoms with E-state index in [9.17, 15) is 5.11 Å². The summed E-state index contributed by atoms with van der Waals surface area (Å²) in [6.45, 7) is 11.4. The van der Waals surface area contributed by atoms with Gasteiger partial charge in [-0.1, -0.05) is 30.7 Å². The number of hydrogen-bond donors (Lipinski definition) is 2. The third-order valence-corrected chi connectivity index (χ3v) is 9.94. The van der Waals surface area contributed by atoms with Gasteiger partial charge in [0.15, 0.2) is 0 Å². The lowest BCUT2D eigenvalue weighted by Gasteiger charge is -2.34. The molecule has 4 saturated heterocycles. The van der Waals surface area contributed by atoms with E-state index < -0.39 is 0 Å². The summed E-state index contributed by atoms with van der Waals surface area (Å²) in [6.07, 6.45) is 17.4. The summed E-state index contributed by atoms with van der Waals surface area (Å²) >= 11 is 0. The molecule has 4 aliphatic rings. The Morgan fingerprint density at radius 3 is 2.67 bits per heavy atom. The Bertz CT molecular complexity index is 1700. The molecule has 5 heterocycles. The van der Waals surface area contributed by atoms with Crippen molar-refractivity contribution in [2.24, 2.45) is 0 Å². The number of ether oxygens (including phenoxy) is 1. The van der Waals surface area contributed by atoms with E-state index in [2.05, 4.69) is 52.8 Å². The summed E-state index contributed by atoms with van der Waals surface area (Å²) in [7, 11) is 0. The number of rotatable bonds is 6. The number of anilines is 1. The monoisotopic (exact) mass is 560 g/mol. The Morgan fingerprint density at radius 1 is 1.19 bits per heavy atom. The minimum atomic E-state index is 0.144. The van der Waals surface area contributed by atoms with Crippen LogP contribution in [0.25, 0.3) is 28.5 Å². The number of hydrogen-bond acceptors (Lipinski definition) is 6. The first-order chi connectivity index (χ1) is 20.5. The molecule has 2 N–H and O–H groups in total. The lowest BCUT2D eigenvalue weighted by molar-refractivity contribution is 0.111. The maximum atomic E-state index is 10.6. The molecule has 2 bridgehead atoms. The molecule has 2 unspecified atom stereocenters. The zero-order valence-electron chi connectivity index (χ0n) is 24.5. The van der Waals surface area contributed by atoms with Gasteiger partial charge in [0.05, 0.1) is 5.54 Å². The van der Waals surface area contributed by atoms with Crippen molar-refractivity contribution >= 4 is 34.3 Å². The molecule has 0 radical (unpaired) electrons. The molecule has 6 nitrogen and oxygen atoms in total. The highest BCUT2D eigenvalue weighted by molar-refractivity contribution is 6.04. The molecule has 42 heavy (non-hydrogen) atoms. The van der Waals surface area contributed by atoms with E-state index in [0.29, 0.717) is 24.6 Å². The number of nitrogens with one attached hydrogen (secondary N) is 1. The molecule has 1 aromatic heterocycles. The molecule has 4 aliphatic heterocycles. The fourth-order valence-corrected chi connectivity index (χ4v) is 7.96. The van der Waals surface area contributed by atoms with E-state index in [1.807, 2.05) is 18.2 Å². The summed E-state index contributed by atoms with van der Waals surface area (Å²) in [6, 6.07) is 12.4. The number of benzene rings is 2. The Hall–Kier alpha value is -3.79. The van der Waals surface area contributed by atoms with Crippen LogP contribution in [0.1, 0.15) is 56.6 Å². The molecule has 216 valence electrons. The maximum Gasteiger partial charge on any atom is 0.215 e. The van der Waals surface area contributed by atoms with Crippen LogP contribution in [0.15, 0.2) is 43.0 Å². The van der Waals surface area contributed by atoms with Crippen LogP contribution in [0.4, 0.5) is 5.82 Å². The van der Waals surface area contributed by atoms with Gasteiger partial charge < -0.3 is 20.1 Å². The van der Waals surface area contributed by atoms with Gasteiger partial charge in [-0.25, -0.2) is 0 Å². The zero-order valence-corrected chi connectivity index (χ0v) is 24.5. The zero-order chi connectivity index (χ0) is 28.8. The van der Waals surface area contributed by atoms with Gasteiger partial charge in [-0.3, -0.25) is 4.90 Å². The number of aromatic hydroxyl groups is 1. The molecule has 7 rings (SSSR count). The van der Waals surface area contributed by atoms with Gasteiger partial charge in [0, 0.05) is 47.4 Å². The quantitative estimate of drug-likeness (QED) is 0.442. The number of pyridine rings is 1. The van der Waals surface area contributed by atoms with Crippen LogP contribution in [0, 0.1) is 12.3 Å². The molecule has 0 saturated carbocycles. The van der Waals surface area contributed by atoms with Crippen LogP contribution in [0.3, 0.4) is 0 Å². The maximum absolute atomic E-state index is 10.6. The van der Waals surface area contributed by atoms with Crippen molar-refractivity contribution in [2.45, 2.75) is 63.1 Å². The van der Waals surface area contributed by atoms with Crippen molar-refractivity contribution in [1.82, 2.24) is 15.2 Å². The summed E-state index contributed by atoms with van der Waals surface area (Å²) in [5.74, 6) is 4.65. The minimum Gasteiger partial charge on any atom is -0.508 e. The summed E-state index contributed by atoms with van der Waals surface area (Å²) in [5, 5.41) is 18.2. The number of phenols is 1. The predicted octanol–water partition coefficient (Wildman–Crippen LogP) is 4.16. The lowest BCUT2D eigenvalue weighted by atomic mass is 9.94. The van der Waals surface area contributed by atoms with Crippen LogP contribution in [0.5, 0.6) is 11.6 Å². The van der Waals surface area contributed by atoms with Gasteiger partial charge in [-0.15, -0.1) is 6.42 Å². The molecule has 3 aromatic rings. The number of piperazine rings is 1. The second-order valence-electron chi connectivity index (χ2n) is 12.5. The van der Waals surface area contributed by atoms with Crippen molar-refractivity contribution in [3.8, 4) is 24.0 Å². The Kier molecular flexibility index (Phi) is 6.96. The van der Waals surface area contributed by atoms with E-state index >= 15 is 0 Å². The fraction of sp³-hybridized carbons (Fsp3) is 0.417. The normalized spacial score (nSPS) is 23.9. The van der Waals surface area contributed by atoms with Crippen molar-refractivity contribution in [3.63, 3.8) is 0 Å². The number of fused-ring (bicyclic) bond motifs is 4. The largest absolute Gasteiger partial charge is 0.508 e. The predicted molar refractivity (Wildman–Crippen MR) is 171 cm³/mol. The van der Waals surface area contributed by atoms with E-state index in [1.165, 1.54) is 51.6 Å². The number of allylic oxidation sites excluding steroid dienone is 1. The average molecular weight is 561 g/mol. The Morgan fingerprint density at radius 2 is 1.95 bits per heavy atom. The van der Waals surface area contributed by atoms with Gasteiger partial charge in [0.2, 0.25) is 5.88 Å². The average Bonchev–Trinajstić information content (AvgIpc) is 3.68. The third-order valence-electron chi connectivity index (χ3n) is 9.94. The van der Waals surface area contributed by atoms with Gasteiger partial charge in [-0.05, 0) is 105 Å². The highest BCUT2D eigenvalue weighted by Crippen LogP contribution is 2.39. The van der Waals surface area contributed by atoms with Crippen LogP contribution in [-0.4, -0.2) is 65.4 Å². The molecular weight excluding hydrogens is 520 g/mol. The van der Waals surface area contributed by atoms with Gasteiger partial charge in [-0.2, -0.15) is 4.98 Å². The summed E-state index contributed by atoms with van der Waals surface area (Å²) in [5.41, 5.74) is 2.53. The molecule has 0 spiro atoms. The molecule has 4 fully saturated rings. The highest BCUT2D eigenvalue weighted by atomic mass is 16.5. The van der Waals surface area contributed by atoms with E-state index in [0.717, 1.165) is 56.8 Å². The Labute approximate surface area is 248 Å². The molecule has 2 atom stereocenters. The number of terminal acetylenes is 1. The Balaban J connectivity index is 1.34. The van der Waals surface area contributed by atoms with Crippen LogP contribution >= 0.6 is 0 Å². The molecular formula is C36H40N4O2. The first-order valence-electron chi connectivity index (χ1n) is 15.5. The summed E-state index contributed by atoms with van der Waals surface area (Å²) in [4.78, 5) is 10.2. The van der Waals surface area contributed by atoms with Gasteiger partial charge in [0.1, 0.15) is 18.2 Å². The topological polar surface area (TPSA) is 60.9 Å². The lowest BCUT2D eigenvalue weighted by Crippen LogP contribution is -2.53. The second kappa shape index (κ2) is 10.8. The van der Waals surface area contributed by atoms with E-state index in [4.69, 9.17) is 16.1 Å². The minimum absolute atomic E-state index is 0.144. The smallest absolute Gasteiger partial charge is 0.215 e. The van der Waals surface area contributed by atoms with Crippen molar-refractivity contribution in [1.29, 1.82) is 0 Å². The number of phenolic OH excluding ortho intramolecular Hbond substituents is 1. The molecule has 6 heteroatoms. The fourth-order valence-electron chi connectivity index (χ4n) is 7.96. The van der Waals surface area contributed by atoms with Crippen molar-refractivity contribution in [2.75, 3.05) is 37.7 Å². The molecule has 0 aliphatic carbocycles. The third kappa shape index (κ3) is 4.75. The van der Waals surface area contributed by atoms with Crippen LogP contribution in [-0.2, 0) is 0 Å². The highest BCUT2D eigenvalue weighted by Gasteiger charge is 2.45. The molecule has 0 amide bonds. The first kappa shape index (κ1) is 27.1. The van der Waals surface area contributed by atoms with Crippen LogP contribution in [0.2, 0.25) is 0 Å². The van der Waals surface area contributed by atoms with Gasteiger partial charge >= 0.3 is 0 Å². The van der Waals surface area contributed by atoms with Crippen molar-refractivity contribution < 1.29 is 9.84 Å². The second-order valence-corrected chi connectivity index (χ2v) is 12.5. The SMILES string of the molecule is C#Cc1cccc2cc(O)cc(C(=C)/C=c3/cc(OCC45CCCN4CCC5)nc(N4CC5CCC(C4)N5)/c3=C/C)c12. The van der Waals surface area contributed by atoms with Crippen LogP contribution < -0.4 is 25.4 Å². The van der Waals surface area contributed by atoms with Gasteiger partial charge in [0.25, 0.3) is 0 Å². The standard InChI is InChI=1S/C36H40N4O2/c1-4-25-9-6-10-26-18-30(41)20-32(34(25)26)24(3)17-27-19-33(42-23-36-13-7-15-40(36)16-8-14-36)38-35(31(27)5-2)39-21-28-11-12-29(22-39)37-28/h1,5-6,9-10,17-20,28-29,37,41H,3,7-8,11-16,21-23H2,2H3/b27-17-,31-5+. The van der Waals surface area contributed by atoms with Crippen molar-refractivity contribution in [3.05, 3.63) is 64.5 Å². The van der Waals surface area contributed by atoms with E-state index in [-0.39, 0.29) is 11.3 Å².